The normalized spacial score (nSPS) is 14.4. The monoisotopic (exact) mass is 419 g/mol. The maximum atomic E-state index is 12.5. The van der Waals surface area contributed by atoms with Crippen LogP contribution in [0.15, 0.2) is 36.4 Å². The average molecular weight is 420 g/mol. The standard InChI is InChI=1S/C21H26ClN3O4/c1-27-18-9-8-15(19(28-2)20(18)29-3)14-24-10-12-25(13-11-24)21(26)23-17-7-5-4-6-16(17)22/h4-9H,10-14H2,1-3H3,(H,23,26). The Hall–Kier alpha value is -2.64. The third-order valence-corrected chi connectivity index (χ3v) is 5.28. The molecular weight excluding hydrogens is 394 g/mol. The van der Waals surface area contributed by atoms with E-state index in [2.05, 4.69) is 10.2 Å². The van der Waals surface area contributed by atoms with Crippen molar-refractivity contribution in [3.05, 3.63) is 47.0 Å². The molecule has 1 saturated heterocycles. The van der Waals surface area contributed by atoms with E-state index in [0.29, 0.717) is 47.6 Å². The lowest BCUT2D eigenvalue weighted by Crippen LogP contribution is -2.49. The number of hydrogen-bond acceptors (Lipinski definition) is 5. The SMILES string of the molecule is COc1ccc(CN2CCN(C(=O)Nc3ccccc3Cl)CC2)c(OC)c1OC. The van der Waals surface area contributed by atoms with Crippen molar-refractivity contribution in [3.8, 4) is 17.2 Å². The fraction of sp³-hybridized carbons (Fsp3) is 0.381. The van der Waals surface area contributed by atoms with Gasteiger partial charge in [0.2, 0.25) is 5.75 Å². The predicted octanol–water partition coefficient (Wildman–Crippen LogP) is 3.72. The first kappa shape index (κ1) is 21.1. The number of ether oxygens (including phenoxy) is 3. The second kappa shape index (κ2) is 9.71. The Kier molecular flexibility index (Phi) is 7.06. The van der Waals surface area contributed by atoms with Crippen LogP contribution < -0.4 is 19.5 Å². The van der Waals surface area contributed by atoms with Gasteiger partial charge in [-0.25, -0.2) is 4.79 Å². The van der Waals surface area contributed by atoms with Gasteiger partial charge in [0.1, 0.15) is 0 Å². The number of nitrogens with zero attached hydrogens (tertiary/aromatic N) is 2. The molecule has 156 valence electrons. The molecule has 0 aliphatic carbocycles. The Morgan fingerprint density at radius 2 is 1.66 bits per heavy atom. The quantitative estimate of drug-likeness (QED) is 0.773. The number of halogens is 1. The van der Waals surface area contributed by atoms with Crippen LogP contribution in [0.2, 0.25) is 5.02 Å². The number of anilines is 1. The minimum absolute atomic E-state index is 0.138. The van der Waals surface area contributed by atoms with Gasteiger partial charge in [-0.3, -0.25) is 4.90 Å². The molecule has 2 aromatic rings. The van der Waals surface area contributed by atoms with Gasteiger partial charge >= 0.3 is 6.03 Å². The molecule has 1 aliphatic rings. The second-order valence-electron chi connectivity index (χ2n) is 6.67. The summed E-state index contributed by atoms with van der Waals surface area (Å²) in [6.07, 6.45) is 0. The molecule has 0 bridgehead atoms. The summed E-state index contributed by atoms with van der Waals surface area (Å²) in [5.74, 6) is 1.89. The van der Waals surface area contributed by atoms with Crippen molar-refractivity contribution in [1.29, 1.82) is 0 Å². The van der Waals surface area contributed by atoms with E-state index in [9.17, 15) is 4.79 Å². The summed E-state index contributed by atoms with van der Waals surface area (Å²) in [6.45, 7) is 3.47. The molecule has 1 fully saturated rings. The van der Waals surface area contributed by atoms with Crippen LogP contribution in [0.5, 0.6) is 17.2 Å². The van der Waals surface area contributed by atoms with Gasteiger partial charge in [0.15, 0.2) is 11.5 Å². The molecule has 0 unspecified atom stereocenters. The van der Waals surface area contributed by atoms with Crippen LogP contribution in [0, 0.1) is 0 Å². The van der Waals surface area contributed by atoms with Gasteiger partial charge in [0.05, 0.1) is 32.0 Å². The fourth-order valence-electron chi connectivity index (χ4n) is 3.39. The molecule has 0 radical (unpaired) electrons. The first-order valence-corrected chi connectivity index (χ1v) is 9.75. The predicted molar refractivity (Wildman–Crippen MR) is 113 cm³/mol. The molecule has 1 N–H and O–H groups in total. The summed E-state index contributed by atoms with van der Waals surface area (Å²) in [5, 5.41) is 3.40. The molecule has 3 rings (SSSR count). The number of amides is 2. The van der Waals surface area contributed by atoms with Gasteiger partial charge in [-0.1, -0.05) is 29.8 Å². The molecule has 0 saturated carbocycles. The highest BCUT2D eigenvalue weighted by atomic mass is 35.5. The highest BCUT2D eigenvalue weighted by Gasteiger charge is 2.24. The topological polar surface area (TPSA) is 63.3 Å². The molecule has 7 nitrogen and oxygen atoms in total. The van der Waals surface area contributed by atoms with Crippen LogP contribution in [0.3, 0.4) is 0 Å². The van der Waals surface area contributed by atoms with Gasteiger partial charge < -0.3 is 24.4 Å². The number of rotatable bonds is 6. The first-order valence-electron chi connectivity index (χ1n) is 9.38. The second-order valence-corrected chi connectivity index (χ2v) is 7.07. The Morgan fingerprint density at radius 3 is 2.28 bits per heavy atom. The molecule has 2 amide bonds. The number of carbonyl (C=O) groups is 1. The number of nitrogens with one attached hydrogen (secondary N) is 1. The number of urea groups is 1. The van der Waals surface area contributed by atoms with E-state index >= 15 is 0 Å². The van der Waals surface area contributed by atoms with Crippen molar-refractivity contribution in [2.24, 2.45) is 0 Å². The lowest BCUT2D eigenvalue weighted by Gasteiger charge is -2.35. The fourth-order valence-corrected chi connectivity index (χ4v) is 3.58. The van der Waals surface area contributed by atoms with Gasteiger partial charge in [-0.2, -0.15) is 0 Å². The number of benzene rings is 2. The summed E-state index contributed by atoms with van der Waals surface area (Å²) >= 11 is 6.12. The maximum absolute atomic E-state index is 12.5. The zero-order valence-corrected chi connectivity index (χ0v) is 17.7. The number of para-hydroxylation sites is 1. The lowest BCUT2D eigenvalue weighted by molar-refractivity contribution is 0.142. The average Bonchev–Trinajstić information content (AvgIpc) is 2.75. The summed E-state index contributed by atoms with van der Waals surface area (Å²) in [6, 6.07) is 10.9. The van der Waals surface area contributed by atoms with Crippen LogP contribution in [0.1, 0.15) is 5.56 Å². The Labute approximate surface area is 176 Å². The van der Waals surface area contributed by atoms with E-state index in [4.69, 9.17) is 25.8 Å². The third kappa shape index (κ3) is 4.86. The highest BCUT2D eigenvalue weighted by Crippen LogP contribution is 2.40. The Bertz CT molecular complexity index is 854. The zero-order chi connectivity index (χ0) is 20.8. The zero-order valence-electron chi connectivity index (χ0n) is 16.9. The van der Waals surface area contributed by atoms with Gasteiger partial charge in [-0.05, 0) is 18.2 Å². The van der Waals surface area contributed by atoms with E-state index in [-0.39, 0.29) is 6.03 Å². The number of hydrogen-bond donors (Lipinski definition) is 1. The van der Waals surface area contributed by atoms with E-state index in [1.807, 2.05) is 24.3 Å². The summed E-state index contributed by atoms with van der Waals surface area (Å²) in [7, 11) is 4.82. The molecule has 29 heavy (non-hydrogen) atoms. The number of carbonyl (C=O) groups excluding carboxylic acids is 1. The van der Waals surface area contributed by atoms with Crippen molar-refractivity contribution < 1.29 is 19.0 Å². The molecular formula is C21H26ClN3O4. The van der Waals surface area contributed by atoms with E-state index in [0.717, 1.165) is 18.7 Å². The molecule has 8 heteroatoms. The van der Waals surface area contributed by atoms with Crippen LogP contribution in [-0.2, 0) is 6.54 Å². The van der Waals surface area contributed by atoms with Gasteiger partial charge in [0.25, 0.3) is 0 Å². The molecule has 0 atom stereocenters. The van der Waals surface area contributed by atoms with Gasteiger partial charge in [-0.15, -0.1) is 0 Å². The Balaban J connectivity index is 1.60. The van der Waals surface area contributed by atoms with E-state index in [1.54, 1.807) is 38.4 Å². The summed E-state index contributed by atoms with van der Waals surface area (Å²) in [5.41, 5.74) is 1.63. The minimum Gasteiger partial charge on any atom is -0.493 e. The Morgan fingerprint density at radius 1 is 0.966 bits per heavy atom. The maximum Gasteiger partial charge on any atom is 0.321 e. The van der Waals surface area contributed by atoms with Crippen molar-refractivity contribution >= 4 is 23.3 Å². The molecule has 1 aliphatic heterocycles. The lowest BCUT2D eigenvalue weighted by atomic mass is 10.1. The van der Waals surface area contributed by atoms with Crippen molar-refractivity contribution in [2.45, 2.75) is 6.54 Å². The molecule has 0 spiro atoms. The summed E-state index contributed by atoms with van der Waals surface area (Å²) in [4.78, 5) is 16.6. The van der Waals surface area contributed by atoms with E-state index in [1.165, 1.54) is 0 Å². The van der Waals surface area contributed by atoms with Crippen LogP contribution in [0.4, 0.5) is 10.5 Å². The van der Waals surface area contributed by atoms with E-state index < -0.39 is 0 Å². The van der Waals surface area contributed by atoms with Crippen molar-refractivity contribution in [3.63, 3.8) is 0 Å². The number of methoxy groups -OCH3 is 3. The number of piperazine rings is 1. The third-order valence-electron chi connectivity index (χ3n) is 4.95. The van der Waals surface area contributed by atoms with Gasteiger partial charge in [0, 0.05) is 38.3 Å². The first-order chi connectivity index (χ1) is 14.1. The molecule has 2 aromatic carbocycles. The van der Waals surface area contributed by atoms with Crippen molar-refractivity contribution in [1.82, 2.24) is 9.80 Å². The van der Waals surface area contributed by atoms with Crippen LogP contribution >= 0.6 is 11.6 Å². The largest absolute Gasteiger partial charge is 0.493 e. The molecule has 0 aromatic heterocycles. The molecule has 1 heterocycles. The van der Waals surface area contributed by atoms with Crippen LogP contribution in [-0.4, -0.2) is 63.3 Å². The van der Waals surface area contributed by atoms with Crippen molar-refractivity contribution in [2.75, 3.05) is 52.8 Å². The van der Waals surface area contributed by atoms with Crippen LogP contribution in [0.25, 0.3) is 0 Å². The highest BCUT2D eigenvalue weighted by molar-refractivity contribution is 6.33. The summed E-state index contributed by atoms with van der Waals surface area (Å²) < 4.78 is 16.4. The minimum atomic E-state index is -0.138. The smallest absolute Gasteiger partial charge is 0.321 e.